The maximum Gasteiger partial charge on any atom is 0.339 e. The Morgan fingerprint density at radius 3 is 2.40 bits per heavy atom. The largest absolute Gasteiger partial charge is 0.462 e. The van der Waals surface area contributed by atoms with E-state index in [1.165, 1.54) is 11.1 Å². The summed E-state index contributed by atoms with van der Waals surface area (Å²) < 4.78 is 5.04. The Kier molecular flexibility index (Phi) is 4.46. The molecule has 2 aromatic carbocycles. The van der Waals surface area contributed by atoms with Crippen LogP contribution >= 0.6 is 11.6 Å². The van der Waals surface area contributed by atoms with Crippen LogP contribution in [0.1, 0.15) is 28.4 Å². The van der Waals surface area contributed by atoms with E-state index in [1.807, 2.05) is 12.1 Å². The summed E-state index contributed by atoms with van der Waals surface area (Å²) in [6.07, 6.45) is 0. The summed E-state index contributed by atoms with van der Waals surface area (Å²) >= 11 is 6.09. The number of esters is 1. The molecular formula is C17H17ClO2. The molecule has 0 atom stereocenters. The Morgan fingerprint density at radius 2 is 1.80 bits per heavy atom. The van der Waals surface area contributed by atoms with E-state index in [9.17, 15) is 4.79 Å². The maximum absolute atomic E-state index is 11.9. The summed E-state index contributed by atoms with van der Waals surface area (Å²) in [5.41, 5.74) is 4.86. The lowest BCUT2D eigenvalue weighted by Crippen LogP contribution is -2.05. The lowest BCUT2D eigenvalue weighted by molar-refractivity contribution is 0.0526. The molecule has 2 aromatic rings. The summed E-state index contributed by atoms with van der Waals surface area (Å²) in [6, 6.07) is 11.6. The number of carbonyl (C=O) groups excluding carboxylic acids is 1. The molecule has 0 aromatic heterocycles. The second kappa shape index (κ2) is 6.10. The highest BCUT2D eigenvalue weighted by Crippen LogP contribution is 2.30. The van der Waals surface area contributed by atoms with E-state index in [1.54, 1.807) is 19.1 Å². The van der Waals surface area contributed by atoms with E-state index < -0.39 is 0 Å². The molecule has 0 aliphatic heterocycles. The molecule has 2 nitrogen and oxygen atoms in total. The molecule has 0 saturated heterocycles. The van der Waals surface area contributed by atoms with Crippen molar-refractivity contribution in [3.05, 3.63) is 58.1 Å². The van der Waals surface area contributed by atoms with Crippen molar-refractivity contribution in [3.8, 4) is 11.1 Å². The molecule has 0 unspecified atom stereocenters. The van der Waals surface area contributed by atoms with Gasteiger partial charge in [-0.2, -0.15) is 0 Å². The zero-order chi connectivity index (χ0) is 14.7. The molecule has 3 heteroatoms. The SMILES string of the molecule is CCOC(=O)c1cc(-c2c(C)cccc2C)ccc1Cl. The Balaban J connectivity index is 2.54. The summed E-state index contributed by atoms with van der Waals surface area (Å²) in [5.74, 6) is -0.384. The number of ether oxygens (including phenoxy) is 1. The van der Waals surface area contributed by atoms with Crippen LogP contribution in [-0.2, 0) is 4.74 Å². The van der Waals surface area contributed by atoms with E-state index in [2.05, 4.69) is 26.0 Å². The summed E-state index contributed by atoms with van der Waals surface area (Å²) in [5, 5.41) is 0.415. The average Bonchev–Trinajstić information content (AvgIpc) is 2.40. The minimum Gasteiger partial charge on any atom is -0.462 e. The number of hydrogen-bond acceptors (Lipinski definition) is 2. The van der Waals surface area contributed by atoms with Gasteiger partial charge in [-0.3, -0.25) is 0 Å². The third kappa shape index (κ3) is 2.86. The number of hydrogen-bond donors (Lipinski definition) is 0. The molecule has 0 aliphatic rings. The standard InChI is InChI=1S/C17H17ClO2/c1-4-20-17(19)14-10-13(8-9-15(14)18)16-11(2)6-5-7-12(16)3/h5-10H,4H2,1-3H3. The van der Waals surface area contributed by atoms with Crippen LogP contribution in [0.2, 0.25) is 5.02 Å². The Bertz CT molecular complexity index is 627. The lowest BCUT2D eigenvalue weighted by atomic mass is 9.95. The van der Waals surface area contributed by atoms with Crippen LogP contribution < -0.4 is 0 Å². The van der Waals surface area contributed by atoms with Gasteiger partial charge in [-0.05, 0) is 55.2 Å². The van der Waals surface area contributed by atoms with Gasteiger partial charge >= 0.3 is 5.97 Å². The van der Waals surface area contributed by atoms with Crippen molar-refractivity contribution >= 4 is 17.6 Å². The van der Waals surface area contributed by atoms with E-state index >= 15 is 0 Å². The monoisotopic (exact) mass is 288 g/mol. The van der Waals surface area contributed by atoms with Gasteiger partial charge in [0.1, 0.15) is 0 Å². The van der Waals surface area contributed by atoms with E-state index in [0.717, 1.165) is 11.1 Å². The van der Waals surface area contributed by atoms with Gasteiger partial charge in [-0.25, -0.2) is 4.79 Å². The number of benzene rings is 2. The Hall–Kier alpha value is -1.80. The van der Waals surface area contributed by atoms with Gasteiger partial charge in [0.25, 0.3) is 0 Å². The molecular weight excluding hydrogens is 272 g/mol. The van der Waals surface area contributed by atoms with Gasteiger partial charge in [0.2, 0.25) is 0 Å². The van der Waals surface area contributed by atoms with Crippen molar-refractivity contribution in [1.29, 1.82) is 0 Å². The first-order valence-electron chi connectivity index (χ1n) is 6.58. The predicted molar refractivity (Wildman–Crippen MR) is 82.3 cm³/mol. The van der Waals surface area contributed by atoms with Gasteiger partial charge in [0.05, 0.1) is 17.2 Å². The second-order valence-corrected chi connectivity index (χ2v) is 5.09. The van der Waals surface area contributed by atoms with E-state index in [4.69, 9.17) is 16.3 Å². The van der Waals surface area contributed by atoms with Crippen LogP contribution in [0.4, 0.5) is 0 Å². The predicted octanol–water partition coefficient (Wildman–Crippen LogP) is 4.80. The fourth-order valence-electron chi connectivity index (χ4n) is 2.32. The van der Waals surface area contributed by atoms with E-state index in [0.29, 0.717) is 17.2 Å². The highest BCUT2D eigenvalue weighted by molar-refractivity contribution is 6.33. The van der Waals surface area contributed by atoms with Crippen molar-refractivity contribution in [2.24, 2.45) is 0 Å². The first-order valence-corrected chi connectivity index (χ1v) is 6.95. The maximum atomic E-state index is 11.9. The summed E-state index contributed by atoms with van der Waals surface area (Å²) in [7, 11) is 0. The zero-order valence-electron chi connectivity index (χ0n) is 11.9. The van der Waals surface area contributed by atoms with Gasteiger partial charge in [-0.15, -0.1) is 0 Å². The quantitative estimate of drug-likeness (QED) is 0.758. The van der Waals surface area contributed by atoms with Crippen LogP contribution in [0, 0.1) is 13.8 Å². The highest BCUT2D eigenvalue weighted by Gasteiger charge is 2.14. The molecule has 0 aliphatic carbocycles. The molecule has 2 rings (SSSR count). The molecule has 20 heavy (non-hydrogen) atoms. The summed E-state index contributed by atoms with van der Waals surface area (Å²) in [4.78, 5) is 11.9. The minimum atomic E-state index is -0.384. The third-order valence-corrected chi connectivity index (χ3v) is 3.56. The van der Waals surface area contributed by atoms with Crippen molar-refractivity contribution in [3.63, 3.8) is 0 Å². The fraction of sp³-hybridized carbons (Fsp3) is 0.235. The van der Waals surface area contributed by atoms with Crippen LogP contribution in [0.3, 0.4) is 0 Å². The lowest BCUT2D eigenvalue weighted by Gasteiger charge is -2.12. The molecule has 0 bridgehead atoms. The topological polar surface area (TPSA) is 26.3 Å². The van der Waals surface area contributed by atoms with Gasteiger partial charge in [-0.1, -0.05) is 35.9 Å². The number of halogens is 1. The molecule has 0 heterocycles. The number of aryl methyl sites for hydroxylation is 2. The van der Waals surface area contributed by atoms with Gasteiger partial charge in [0.15, 0.2) is 0 Å². The smallest absolute Gasteiger partial charge is 0.339 e. The van der Waals surface area contributed by atoms with Crippen LogP contribution in [0.15, 0.2) is 36.4 Å². The molecule has 0 amide bonds. The molecule has 0 radical (unpaired) electrons. The second-order valence-electron chi connectivity index (χ2n) is 4.68. The Labute approximate surface area is 124 Å². The molecule has 104 valence electrons. The molecule has 0 fully saturated rings. The average molecular weight is 289 g/mol. The van der Waals surface area contributed by atoms with Crippen molar-refractivity contribution < 1.29 is 9.53 Å². The van der Waals surface area contributed by atoms with Crippen LogP contribution in [-0.4, -0.2) is 12.6 Å². The van der Waals surface area contributed by atoms with Crippen LogP contribution in [0.25, 0.3) is 11.1 Å². The van der Waals surface area contributed by atoms with Crippen LogP contribution in [0.5, 0.6) is 0 Å². The molecule has 0 saturated carbocycles. The normalized spacial score (nSPS) is 10.4. The third-order valence-electron chi connectivity index (χ3n) is 3.23. The first kappa shape index (κ1) is 14.6. The van der Waals surface area contributed by atoms with Gasteiger partial charge < -0.3 is 4.74 Å². The van der Waals surface area contributed by atoms with Crippen molar-refractivity contribution in [2.75, 3.05) is 6.61 Å². The number of rotatable bonds is 3. The fourth-order valence-corrected chi connectivity index (χ4v) is 2.51. The summed E-state index contributed by atoms with van der Waals surface area (Å²) in [6.45, 7) is 6.23. The zero-order valence-corrected chi connectivity index (χ0v) is 12.6. The Morgan fingerprint density at radius 1 is 1.15 bits per heavy atom. The van der Waals surface area contributed by atoms with Gasteiger partial charge in [0, 0.05) is 0 Å². The molecule has 0 N–H and O–H groups in total. The van der Waals surface area contributed by atoms with Crippen molar-refractivity contribution in [2.45, 2.75) is 20.8 Å². The first-order chi connectivity index (χ1) is 9.54. The highest BCUT2D eigenvalue weighted by atomic mass is 35.5. The minimum absolute atomic E-state index is 0.336. The van der Waals surface area contributed by atoms with Crippen molar-refractivity contribution in [1.82, 2.24) is 0 Å². The molecule has 0 spiro atoms. The number of carbonyl (C=O) groups is 1. The van der Waals surface area contributed by atoms with E-state index in [-0.39, 0.29) is 5.97 Å².